The third-order valence-electron chi connectivity index (χ3n) is 4.48. The van der Waals surface area contributed by atoms with Crippen molar-refractivity contribution >= 4 is 29.6 Å². The number of nitrogens with zero attached hydrogens (tertiary/aromatic N) is 1. The highest BCUT2D eigenvalue weighted by Gasteiger charge is 2.56. The zero-order valence-electron chi connectivity index (χ0n) is 18.6. The largest absolute Gasteiger partial charge is 0.467 e. The number of hydrogen-bond acceptors (Lipinski definition) is 13. The van der Waals surface area contributed by atoms with Crippen molar-refractivity contribution in [3.05, 3.63) is 33.9 Å². The number of esters is 4. The summed E-state index contributed by atoms with van der Waals surface area (Å²) in [6.07, 6.45) is -8.30. The molecule has 0 amide bonds. The summed E-state index contributed by atoms with van der Waals surface area (Å²) in [5.41, 5.74) is -0.363. The minimum absolute atomic E-state index is 0.209. The summed E-state index contributed by atoms with van der Waals surface area (Å²) in [4.78, 5) is 58.4. The number of nitro groups is 1. The summed E-state index contributed by atoms with van der Waals surface area (Å²) in [5.74, 6) is -4.08. The van der Waals surface area contributed by atoms with E-state index in [4.69, 9.17) is 23.7 Å². The lowest BCUT2D eigenvalue weighted by Crippen LogP contribution is -2.64. The van der Waals surface area contributed by atoms with Gasteiger partial charge in [0.05, 0.1) is 18.6 Å². The SMILES string of the molecule is COC(=O)C1O[C@@H](Oc2ccc(CO)cc2[N+](=O)[O-])[C@H](OC(C)=O)[C@@H](OC(C)=O)[C@@H]1OC(C)=O. The third kappa shape index (κ3) is 6.39. The molecule has 1 aliphatic rings. The summed E-state index contributed by atoms with van der Waals surface area (Å²) in [6.45, 7) is 2.58. The van der Waals surface area contributed by atoms with Crippen molar-refractivity contribution in [1.29, 1.82) is 0 Å². The first-order valence-electron chi connectivity index (χ1n) is 9.78. The molecule has 0 spiro atoms. The van der Waals surface area contributed by atoms with E-state index in [1.165, 1.54) is 6.07 Å². The molecule has 14 heteroatoms. The molecule has 1 aromatic rings. The zero-order valence-corrected chi connectivity index (χ0v) is 18.6. The van der Waals surface area contributed by atoms with Gasteiger partial charge in [0.2, 0.25) is 12.4 Å². The smallest absolute Gasteiger partial charge is 0.339 e. The van der Waals surface area contributed by atoms with Crippen LogP contribution in [0.2, 0.25) is 0 Å². The van der Waals surface area contributed by atoms with Crippen molar-refractivity contribution < 1.29 is 57.6 Å². The van der Waals surface area contributed by atoms with Gasteiger partial charge in [-0.1, -0.05) is 6.07 Å². The highest BCUT2D eigenvalue weighted by molar-refractivity contribution is 5.77. The fourth-order valence-corrected chi connectivity index (χ4v) is 3.20. The van der Waals surface area contributed by atoms with E-state index in [9.17, 15) is 34.4 Å². The maximum absolute atomic E-state index is 12.4. The Morgan fingerprint density at radius 3 is 2.06 bits per heavy atom. The summed E-state index contributed by atoms with van der Waals surface area (Å²) in [5, 5.41) is 20.8. The monoisotopic (exact) mass is 485 g/mol. The Labute approximate surface area is 192 Å². The van der Waals surface area contributed by atoms with Crippen LogP contribution in [0.1, 0.15) is 26.3 Å². The van der Waals surface area contributed by atoms with Crippen LogP contribution in [-0.2, 0) is 49.5 Å². The van der Waals surface area contributed by atoms with Crippen LogP contribution in [0.5, 0.6) is 5.75 Å². The topological polar surface area (TPSA) is 187 Å². The van der Waals surface area contributed by atoms with Gasteiger partial charge >= 0.3 is 29.6 Å². The average Bonchev–Trinajstić information content (AvgIpc) is 2.76. The molecule has 1 N–H and O–H groups in total. The number of nitro benzene ring substituents is 1. The molecule has 1 saturated heterocycles. The number of methoxy groups -OCH3 is 1. The molecular weight excluding hydrogens is 462 g/mol. The molecular formula is C20H23NO13. The summed E-state index contributed by atoms with van der Waals surface area (Å²) >= 11 is 0. The first-order chi connectivity index (χ1) is 16.0. The van der Waals surface area contributed by atoms with Crippen molar-refractivity contribution in [1.82, 2.24) is 0 Å². The van der Waals surface area contributed by atoms with Crippen molar-refractivity contribution in [2.24, 2.45) is 0 Å². The third-order valence-corrected chi connectivity index (χ3v) is 4.48. The molecule has 0 aromatic heterocycles. The summed E-state index contributed by atoms with van der Waals surface area (Å²) in [7, 11) is 1.02. The average molecular weight is 485 g/mol. The van der Waals surface area contributed by atoms with Crippen LogP contribution in [0.3, 0.4) is 0 Å². The van der Waals surface area contributed by atoms with E-state index in [1.807, 2.05) is 0 Å². The normalized spacial score (nSPS) is 23.9. The van der Waals surface area contributed by atoms with Gasteiger partial charge in [-0.05, 0) is 11.6 Å². The van der Waals surface area contributed by atoms with Crippen LogP contribution in [0.25, 0.3) is 0 Å². The fraction of sp³-hybridized carbons (Fsp3) is 0.500. The van der Waals surface area contributed by atoms with Gasteiger partial charge in [-0.25, -0.2) is 4.79 Å². The number of carbonyl (C=O) groups is 4. The van der Waals surface area contributed by atoms with Gasteiger partial charge in [0.25, 0.3) is 0 Å². The lowest BCUT2D eigenvalue weighted by atomic mass is 9.97. The quantitative estimate of drug-likeness (QED) is 0.227. The van der Waals surface area contributed by atoms with Crippen molar-refractivity contribution in [3.63, 3.8) is 0 Å². The van der Waals surface area contributed by atoms with Gasteiger partial charge in [0.1, 0.15) is 0 Å². The van der Waals surface area contributed by atoms with E-state index in [1.54, 1.807) is 0 Å². The molecule has 34 heavy (non-hydrogen) atoms. The number of carbonyl (C=O) groups excluding carboxylic acids is 4. The predicted octanol–water partition coefficient (Wildman–Crippen LogP) is 0.159. The molecule has 1 aliphatic heterocycles. The maximum atomic E-state index is 12.4. The molecule has 5 atom stereocenters. The molecule has 14 nitrogen and oxygen atoms in total. The number of hydrogen-bond donors (Lipinski definition) is 1. The number of aliphatic hydroxyl groups excluding tert-OH is 1. The van der Waals surface area contributed by atoms with Gasteiger partial charge in [-0.2, -0.15) is 0 Å². The van der Waals surface area contributed by atoms with Crippen LogP contribution in [0.4, 0.5) is 5.69 Å². The molecule has 2 rings (SSSR count). The van der Waals surface area contributed by atoms with Crippen molar-refractivity contribution in [3.8, 4) is 5.75 Å². The Morgan fingerprint density at radius 2 is 1.56 bits per heavy atom. The van der Waals surface area contributed by atoms with E-state index in [0.29, 0.717) is 0 Å². The Balaban J connectivity index is 2.58. The minimum Gasteiger partial charge on any atom is -0.467 e. The van der Waals surface area contributed by atoms with Gasteiger partial charge < -0.3 is 33.5 Å². The van der Waals surface area contributed by atoms with Crippen LogP contribution in [-0.4, -0.2) is 71.7 Å². The highest BCUT2D eigenvalue weighted by Crippen LogP contribution is 2.35. The maximum Gasteiger partial charge on any atom is 0.339 e. The van der Waals surface area contributed by atoms with Gasteiger partial charge in [0.15, 0.2) is 24.1 Å². The Bertz CT molecular complexity index is 962. The second-order valence-electron chi connectivity index (χ2n) is 7.01. The van der Waals surface area contributed by atoms with Crippen molar-refractivity contribution in [2.75, 3.05) is 7.11 Å². The Kier molecular flexibility index (Phi) is 8.86. The fourth-order valence-electron chi connectivity index (χ4n) is 3.20. The van der Waals surface area contributed by atoms with Gasteiger partial charge in [0, 0.05) is 26.8 Å². The zero-order chi connectivity index (χ0) is 25.6. The lowest BCUT2D eigenvalue weighted by Gasteiger charge is -2.42. The van der Waals surface area contributed by atoms with Crippen LogP contribution in [0.15, 0.2) is 18.2 Å². The molecule has 1 heterocycles. The molecule has 1 unspecified atom stereocenters. The Morgan fingerprint density at radius 1 is 1.00 bits per heavy atom. The minimum atomic E-state index is -1.75. The second kappa shape index (κ2) is 11.4. The van der Waals surface area contributed by atoms with Crippen LogP contribution >= 0.6 is 0 Å². The molecule has 0 bridgehead atoms. The molecule has 1 aromatic carbocycles. The van der Waals surface area contributed by atoms with E-state index >= 15 is 0 Å². The second-order valence-corrected chi connectivity index (χ2v) is 7.01. The van der Waals surface area contributed by atoms with Gasteiger partial charge in [-0.3, -0.25) is 24.5 Å². The van der Waals surface area contributed by atoms with E-state index in [0.717, 1.165) is 40.0 Å². The number of aliphatic hydroxyl groups is 1. The van der Waals surface area contributed by atoms with E-state index in [-0.39, 0.29) is 11.3 Å². The van der Waals surface area contributed by atoms with Crippen molar-refractivity contribution in [2.45, 2.75) is 58.1 Å². The van der Waals surface area contributed by atoms with Gasteiger partial charge in [-0.15, -0.1) is 0 Å². The molecule has 186 valence electrons. The first kappa shape index (κ1) is 26.5. The van der Waals surface area contributed by atoms with Crippen LogP contribution in [0, 0.1) is 10.1 Å². The molecule has 0 saturated carbocycles. The summed E-state index contributed by atoms with van der Waals surface area (Å²) in [6, 6.07) is 3.53. The predicted molar refractivity (Wildman–Crippen MR) is 107 cm³/mol. The lowest BCUT2D eigenvalue weighted by molar-refractivity contribution is -0.387. The first-order valence-corrected chi connectivity index (χ1v) is 9.78. The summed E-state index contributed by atoms with van der Waals surface area (Å²) < 4.78 is 31.3. The molecule has 1 fully saturated rings. The Hall–Kier alpha value is -3.78. The van der Waals surface area contributed by atoms with Crippen LogP contribution < -0.4 is 4.74 Å². The number of ether oxygens (including phenoxy) is 6. The number of benzene rings is 1. The highest BCUT2D eigenvalue weighted by atomic mass is 16.7. The molecule has 0 radical (unpaired) electrons. The van der Waals surface area contributed by atoms with E-state index in [2.05, 4.69) is 4.74 Å². The van der Waals surface area contributed by atoms with E-state index < -0.39 is 71.8 Å². The standard InChI is InChI=1S/C20H23NO13/c1-9(23)30-15-16(31-10(2)24)18(32-11(3)25)20(34-17(15)19(26)29-4)33-14-6-5-12(8-22)7-13(14)21(27)28/h5-7,15-18,20,22H,8H2,1-4H3/t15-,16-,17?,18+,20+/m0/s1. The number of rotatable bonds is 8. The molecule has 0 aliphatic carbocycles.